The van der Waals surface area contributed by atoms with Gasteiger partial charge in [-0.25, -0.2) is 9.78 Å². The van der Waals surface area contributed by atoms with Gasteiger partial charge in [0.25, 0.3) is 0 Å². The summed E-state index contributed by atoms with van der Waals surface area (Å²) in [6.07, 6.45) is 0. The van der Waals surface area contributed by atoms with Crippen LogP contribution in [0.5, 0.6) is 0 Å². The Balaban J connectivity index is 2.43. The van der Waals surface area contributed by atoms with E-state index in [-0.39, 0.29) is 23.6 Å². The number of nitrogens with zero attached hydrogens (tertiary/aromatic N) is 3. The van der Waals surface area contributed by atoms with Gasteiger partial charge in [-0.15, -0.1) is 0 Å². The van der Waals surface area contributed by atoms with E-state index in [2.05, 4.69) is 4.98 Å². The second-order valence-electron chi connectivity index (χ2n) is 4.45. The normalized spacial score (nSPS) is 10.7. The van der Waals surface area contributed by atoms with E-state index in [1.807, 2.05) is 30.3 Å². The average Bonchev–Trinajstić information content (AvgIpc) is 2.88. The lowest BCUT2D eigenvalue weighted by atomic mass is 10.2. The smallest absolute Gasteiger partial charge is 0.341 e. The molecule has 3 aromatic rings. The Kier molecular flexibility index (Phi) is 2.95. The molecular formula is C15H12N4O2. The number of benzene rings is 1. The largest absolute Gasteiger partial charge is 0.462 e. The van der Waals surface area contributed by atoms with Gasteiger partial charge in [-0.3, -0.25) is 4.40 Å². The Hall–Kier alpha value is -3.07. The lowest BCUT2D eigenvalue weighted by Crippen LogP contribution is -2.12. The molecule has 6 heteroatoms. The summed E-state index contributed by atoms with van der Waals surface area (Å²) in [5.74, 6) is -0.331. The molecule has 0 atom stereocenters. The van der Waals surface area contributed by atoms with Gasteiger partial charge < -0.3 is 10.5 Å². The SMILES string of the molecule is CCOC(=O)c1cc(C#N)c2nc3ccccc3n2c1N. The van der Waals surface area contributed by atoms with Gasteiger partial charge in [0.2, 0.25) is 0 Å². The van der Waals surface area contributed by atoms with Gasteiger partial charge in [-0.05, 0) is 25.1 Å². The molecule has 3 rings (SSSR count). The molecule has 0 aliphatic heterocycles. The molecule has 21 heavy (non-hydrogen) atoms. The molecule has 2 N–H and O–H groups in total. The number of nitriles is 1. The first-order chi connectivity index (χ1) is 10.2. The summed E-state index contributed by atoms with van der Waals surface area (Å²) in [4.78, 5) is 16.4. The van der Waals surface area contributed by atoms with Crippen molar-refractivity contribution in [1.82, 2.24) is 9.38 Å². The number of carbonyl (C=O) groups is 1. The van der Waals surface area contributed by atoms with Crippen molar-refractivity contribution < 1.29 is 9.53 Å². The van der Waals surface area contributed by atoms with Crippen molar-refractivity contribution in [1.29, 1.82) is 5.26 Å². The number of ether oxygens (including phenoxy) is 1. The molecule has 0 saturated heterocycles. The number of imidazole rings is 1. The van der Waals surface area contributed by atoms with Crippen LogP contribution in [0.15, 0.2) is 30.3 Å². The molecule has 1 aromatic carbocycles. The van der Waals surface area contributed by atoms with E-state index >= 15 is 0 Å². The predicted octanol–water partition coefficient (Wildman–Crippen LogP) is 2.12. The summed E-state index contributed by atoms with van der Waals surface area (Å²) in [6, 6.07) is 10.8. The molecule has 0 radical (unpaired) electrons. The van der Waals surface area contributed by atoms with E-state index in [9.17, 15) is 10.1 Å². The third-order valence-corrected chi connectivity index (χ3v) is 3.22. The van der Waals surface area contributed by atoms with Crippen molar-refractivity contribution in [2.75, 3.05) is 12.3 Å². The molecule has 2 aromatic heterocycles. The van der Waals surface area contributed by atoms with E-state index in [0.29, 0.717) is 11.2 Å². The maximum atomic E-state index is 12.0. The van der Waals surface area contributed by atoms with E-state index < -0.39 is 5.97 Å². The molecule has 2 heterocycles. The van der Waals surface area contributed by atoms with Crippen LogP contribution in [0.3, 0.4) is 0 Å². The Morgan fingerprint density at radius 1 is 1.48 bits per heavy atom. The van der Waals surface area contributed by atoms with Gasteiger partial charge in [-0.1, -0.05) is 12.1 Å². The first-order valence-corrected chi connectivity index (χ1v) is 6.44. The Labute approximate surface area is 120 Å². The highest BCUT2D eigenvalue weighted by Crippen LogP contribution is 2.25. The molecule has 0 saturated carbocycles. The second-order valence-corrected chi connectivity index (χ2v) is 4.45. The van der Waals surface area contributed by atoms with E-state index in [4.69, 9.17) is 10.5 Å². The van der Waals surface area contributed by atoms with E-state index in [0.717, 1.165) is 5.52 Å². The first-order valence-electron chi connectivity index (χ1n) is 6.44. The quantitative estimate of drug-likeness (QED) is 0.726. The molecule has 0 unspecified atom stereocenters. The number of hydrogen-bond acceptors (Lipinski definition) is 5. The number of para-hydroxylation sites is 2. The van der Waals surface area contributed by atoms with E-state index in [1.54, 1.807) is 11.3 Å². The minimum atomic E-state index is -0.550. The van der Waals surface area contributed by atoms with Gasteiger partial charge >= 0.3 is 5.97 Å². The summed E-state index contributed by atoms with van der Waals surface area (Å²) < 4.78 is 6.59. The second kappa shape index (κ2) is 4.80. The molecule has 0 aliphatic carbocycles. The number of carbonyl (C=O) groups excluding carboxylic acids is 1. The lowest BCUT2D eigenvalue weighted by molar-refractivity contribution is 0.0527. The molecule has 0 amide bonds. The van der Waals surface area contributed by atoms with Crippen molar-refractivity contribution in [2.24, 2.45) is 0 Å². The number of fused-ring (bicyclic) bond motifs is 3. The van der Waals surface area contributed by atoms with Crippen LogP contribution < -0.4 is 5.73 Å². The number of hydrogen-bond donors (Lipinski definition) is 1. The zero-order valence-corrected chi connectivity index (χ0v) is 11.3. The summed E-state index contributed by atoms with van der Waals surface area (Å²) >= 11 is 0. The highest BCUT2D eigenvalue weighted by atomic mass is 16.5. The summed E-state index contributed by atoms with van der Waals surface area (Å²) in [5, 5.41) is 9.29. The summed E-state index contributed by atoms with van der Waals surface area (Å²) in [5.41, 5.74) is 8.44. The molecular weight excluding hydrogens is 268 g/mol. The number of esters is 1. The van der Waals surface area contributed by atoms with Crippen LogP contribution in [0.1, 0.15) is 22.8 Å². The standard InChI is InChI=1S/C15H12N4O2/c1-2-21-15(20)10-7-9(8-16)14-18-11-5-3-4-6-12(11)19(14)13(10)17/h3-7H,2,17H2,1H3. The number of rotatable bonds is 2. The Morgan fingerprint density at radius 2 is 2.24 bits per heavy atom. The average molecular weight is 280 g/mol. The van der Waals surface area contributed by atoms with Crippen molar-refractivity contribution in [3.05, 3.63) is 41.5 Å². The topological polar surface area (TPSA) is 93.4 Å². The van der Waals surface area contributed by atoms with Crippen LogP contribution in [-0.4, -0.2) is 22.0 Å². The Bertz CT molecular complexity index is 905. The van der Waals surface area contributed by atoms with Crippen LogP contribution in [0.25, 0.3) is 16.7 Å². The number of pyridine rings is 1. The molecule has 104 valence electrons. The predicted molar refractivity (Wildman–Crippen MR) is 77.8 cm³/mol. The van der Waals surface area contributed by atoms with E-state index in [1.165, 1.54) is 6.07 Å². The minimum Gasteiger partial charge on any atom is -0.462 e. The first kappa shape index (κ1) is 12.9. The maximum absolute atomic E-state index is 12.0. The van der Waals surface area contributed by atoms with Crippen LogP contribution in [-0.2, 0) is 4.74 Å². The number of anilines is 1. The van der Waals surface area contributed by atoms with Crippen molar-refractivity contribution in [3.63, 3.8) is 0 Å². The van der Waals surface area contributed by atoms with Crippen molar-refractivity contribution in [3.8, 4) is 6.07 Å². The van der Waals surface area contributed by atoms with Crippen LogP contribution in [0, 0.1) is 11.3 Å². The maximum Gasteiger partial charge on any atom is 0.341 e. The molecule has 0 fully saturated rings. The third kappa shape index (κ3) is 1.87. The zero-order valence-electron chi connectivity index (χ0n) is 11.3. The van der Waals surface area contributed by atoms with Crippen LogP contribution in [0.4, 0.5) is 5.82 Å². The summed E-state index contributed by atoms with van der Waals surface area (Å²) in [7, 11) is 0. The fraction of sp³-hybridized carbons (Fsp3) is 0.133. The Morgan fingerprint density at radius 3 is 2.95 bits per heavy atom. The van der Waals surface area contributed by atoms with Gasteiger partial charge in [0.1, 0.15) is 17.5 Å². The summed E-state index contributed by atoms with van der Waals surface area (Å²) in [6.45, 7) is 1.95. The minimum absolute atomic E-state index is 0.170. The fourth-order valence-electron chi connectivity index (χ4n) is 2.31. The molecule has 0 spiro atoms. The van der Waals surface area contributed by atoms with Gasteiger partial charge in [0, 0.05) is 0 Å². The van der Waals surface area contributed by atoms with Crippen LogP contribution >= 0.6 is 0 Å². The van der Waals surface area contributed by atoms with Gasteiger partial charge in [0.15, 0.2) is 5.65 Å². The number of nitrogens with two attached hydrogens (primary N) is 1. The highest BCUT2D eigenvalue weighted by molar-refractivity contribution is 5.97. The lowest BCUT2D eigenvalue weighted by Gasteiger charge is -2.09. The molecule has 6 nitrogen and oxygen atoms in total. The highest BCUT2D eigenvalue weighted by Gasteiger charge is 2.19. The number of nitrogen functional groups attached to an aromatic ring is 1. The van der Waals surface area contributed by atoms with Crippen LogP contribution in [0.2, 0.25) is 0 Å². The van der Waals surface area contributed by atoms with Gasteiger partial charge in [0.05, 0.1) is 23.2 Å². The van der Waals surface area contributed by atoms with Crippen molar-refractivity contribution in [2.45, 2.75) is 6.92 Å². The monoisotopic (exact) mass is 280 g/mol. The third-order valence-electron chi connectivity index (χ3n) is 3.22. The molecule has 0 bridgehead atoms. The van der Waals surface area contributed by atoms with Gasteiger partial charge in [-0.2, -0.15) is 5.26 Å². The fourth-order valence-corrected chi connectivity index (χ4v) is 2.31. The zero-order chi connectivity index (χ0) is 15.0. The van der Waals surface area contributed by atoms with Crippen molar-refractivity contribution >= 4 is 28.5 Å². The molecule has 0 aliphatic rings. The number of aromatic nitrogens is 2.